The van der Waals surface area contributed by atoms with Gasteiger partial charge in [-0.25, -0.2) is 0 Å². The van der Waals surface area contributed by atoms with Gasteiger partial charge >= 0.3 is 5.97 Å². The quantitative estimate of drug-likeness (QED) is 0.898. The van der Waals surface area contributed by atoms with Crippen LogP contribution in [0.1, 0.15) is 12.8 Å². The smallest absolute Gasteiger partial charge is 0.310 e. The molecule has 2 N–H and O–H groups in total. The van der Waals surface area contributed by atoms with Crippen molar-refractivity contribution in [2.24, 2.45) is 11.8 Å². The van der Waals surface area contributed by atoms with Crippen LogP contribution in [0.15, 0.2) is 54.6 Å². The zero-order valence-electron chi connectivity index (χ0n) is 13.6. The number of carbonyl (C=O) groups excluding carboxylic acids is 1. The minimum Gasteiger partial charge on any atom is -0.481 e. The summed E-state index contributed by atoms with van der Waals surface area (Å²) in [4.78, 5) is 24.4. The largest absolute Gasteiger partial charge is 0.481 e. The highest BCUT2D eigenvalue weighted by Gasteiger charge is 2.55. The first-order valence-electron chi connectivity index (χ1n) is 8.49. The summed E-state index contributed by atoms with van der Waals surface area (Å²) >= 11 is 0. The average molecular weight is 337 g/mol. The molecule has 2 aromatic carbocycles. The summed E-state index contributed by atoms with van der Waals surface area (Å²) in [7, 11) is 0. The molecule has 2 heterocycles. The van der Waals surface area contributed by atoms with Gasteiger partial charge in [-0.05, 0) is 24.5 Å². The van der Waals surface area contributed by atoms with Gasteiger partial charge in [0.1, 0.15) is 0 Å². The van der Waals surface area contributed by atoms with Crippen LogP contribution in [0.3, 0.4) is 0 Å². The van der Waals surface area contributed by atoms with E-state index in [1.165, 1.54) is 0 Å². The van der Waals surface area contributed by atoms with Gasteiger partial charge in [0, 0.05) is 11.3 Å². The van der Waals surface area contributed by atoms with Crippen molar-refractivity contribution in [2.45, 2.75) is 25.0 Å². The predicted molar refractivity (Wildman–Crippen MR) is 93.0 cm³/mol. The molecular weight excluding hydrogens is 318 g/mol. The Kier molecular flexibility index (Phi) is 4.01. The lowest BCUT2D eigenvalue weighted by Crippen LogP contribution is -2.41. The van der Waals surface area contributed by atoms with E-state index >= 15 is 0 Å². The molecule has 0 saturated carbocycles. The van der Waals surface area contributed by atoms with E-state index in [1.807, 2.05) is 54.6 Å². The van der Waals surface area contributed by atoms with Crippen LogP contribution in [0.25, 0.3) is 11.1 Å². The third-order valence-corrected chi connectivity index (χ3v) is 5.13. The average Bonchev–Trinajstić information content (AvgIpc) is 3.24. The van der Waals surface area contributed by atoms with Gasteiger partial charge in [0.15, 0.2) is 0 Å². The topological polar surface area (TPSA) is 75.6 Å². The SMILES string of the molecule is O=C(O)[C@@H]1[C@H](C(=O)Nc2ccccc2-c2ccccc2)[C@H]2CC[C@@H]1O2. The standard InChI is InChI=1S/C20H19NO4/c22-19(17-15-10-11-16(25-15)18(17)20(23)24)21-14-9-5-4-8-13(14)12-6-2-1-3-7-12/h1-9,15-18H,10-11H2,(H,21,22)(H,23,24)/t15-,16+,17-,18+/m1/s1. The summed E-state index contributed by atoms with van der Waals surface area (Å²) < 4.78 is 5.69. The van der Waals surface area contributed by atoms with E-state index in [0.29, 0.717) is 12.1 Å². The van der Waals surface area contributed by atoms with Crippen molar-refractivity contribution < 1.29 is 19.4 Å². The Morgan fingerprint density at radius 2 is 1.56 bits per heavy atom. The number of nitrogens with one attached hydrogen (secondary N) is 1. The number of carboxylic acid groups (broad SMARTS) is 1. The highest BCUT2D eigenvalue weighted by Crippen LogP contribution is 2.44. The molecule has 4 rings (SSSR count). The zero-order valence-corrected chi connectivity index (χ0v) is 13.6. The van der Waals surface area contributed by atoms with Crippen molar-refractivity contribution in [1.82, 2.24) is 0 Å². The van der Waals surface area contributed by atoms with Gasteiger partial charge in [-0.15, -0.1) is 0 Å². The molecule has 0 radical (unpaired) electrons. The monoisotopic (exact) mass is 337 g/mol. The molecule has 25 heavy (non-hydrogen) atoms. The molecule has 2 fully saturated rings. The number of rotatable bonds is 4. The summed E-state index contributed by atoms with van der Waals surface area (Å²) in [6, 6.07) is 17.3. The number of fused-ring (bicyclic) bond motifs is 2. The maximum Gasteiger partial charge on any atom is 0.310 e. The second-order valence-corrected chi connectivity index (χ2v) is 6.58. The molecule has 2 aliphatic heterocycles. The molecule has 0 aromatic heterocycles. The van der Waals surface area contributed by atoms with E-state index in [1.54, 1.807) is 0 Å². The van der Waals surface area contributed by atoms with Gasteiger partial charge in [0.05, 0.1) is 24.0 Å². The van der Waals surface area contributed by atoms with Gasteiger partial charge in [-0.1, -0.05) is 48.5 Å². The van der Waals surface area contributed by atoms with Crippen LogP contribution in [0.2, 0.25) is 0 Å². The van der Waals surface area contributed by atoms with Crippen molar-refractivity contribution >= 4 is 17.6 Å². The van der Waals surface area contributed by atoms with Crippen molar-refractivity contribution in [3.8, 4) is 11.1 Å². The van der Waals surface area contributed by atoms with Gasteiger partial charge in [-0.3, -0.25) is 9.59 Å². The Morgan fingerprint density at radius 1 is 0.920 bits per heavy atom. The molecular formula is C20H19NO4. The molecule has 2 saturated heterocycles. The maximum atomic E-state index is 12.8. The summed E-state index contributed by atoms with van der Waals surface area (Å²) in [5, 5.41) is 12.4. The minimum absolute atomic E-state index is 0.275. The van der Waals surface area contributed by atoms with E-state index in [2.05, 4.69) is 5.32 Å². The number of para-hydroxylation sites is 1. The fourth-order valence-electron chi connectivity index (χ4n) is 4.00. The molecule has 2 aliphatic rings. The summed E-state index contributed by atoms with van der Waals surface area (Å²) in [5.74, 6) is -2.63. The van der Waals surface area contributed by atoms with Gasteiger partial charge in [0.25, 0.3) is 0 Å². The number of hydrogen-bond donors (Lipinski definition) is 2. The number of carbonyl (C=O) groups is 2. The number of ether oxygens (including phenoxy) is 1. The molecule has 5 heteroatoms. The highest BCUT2D eigenvalue weighted by atomic mass is 16.5. The lowest BCUT2D eigenvalue weighted by Gasteiger charge is -2.24. The molecule has 0 unspecified atom stereocenters. The van der Waals surface area contributed by atoms with Crippen LogP contribution in [0.4, 0.5) is 5.69 Å². The Hall–Kier alpha value is -2.66. The normalized spacial score (nSPS) is 27.2. The van der Waals surface area contributed by atoms with Crippen molar-refractivity contribution in [3.63, 3.8) is 0 Å². The number of carboxylic acids is 1. The van der Waals surface area contributed by atoms with Gasteiger partial charge in [-0.2, -0.15) is 0 Å². The van der Waals surface area contributed by atoms with Crippen LogP contribution < -0.4 is 5.32 Å². The molecule has 0 spiro atoms. The van der Waals surface area contributed by atoms with E-state index in [-0.39, 0.29) is 18.1 Å². The molecule has 2 bridgehead atoms. The number of amides is 1. The number of hydrogen-bond acceptors (Lipinski definition) is 3. The summed E-state index contributed by atoms with van der Waals surface area (Å²) in [6.07, 6.45) is 0.816. The Balaban J connectivity index is 1.61. The van der Waals surface area contributed by atoms with E-state index < -0.39 is 17.8 Å². The molecule has 4 atom stereocenters. The van der Waals surface area contributed by atoms with Crippen LogP contribution in [0.5, 0.6) is 0 Å². The van der Waals surface area contributed by atoms with Gasteiger partial charge < -0.3 is 15.2 Å². The van der Waals surface area contributed by atoms with E-state index in [9.17, 15) is 14.7 Å². The third kappa shape index (κ3) is 2.81. The van der Waals surface area contributed by atoms with Crippen LogP contribution in [-0.4, -0.2) is 29.2 Å². The molecule has 128 valence electrons. The third-order valence-electron chi connectivity index (χ3n) is 5.13. The molecule has 2 aromatic rings. The fraction of sp³-hybridized carbons (Fsp3) is 0.300. The number of aliphatic carboxylic acids is 1. The first-order valence-corrected chi connectivity index (χ1v) is 8.49. The lowest BCUT2D eigenvalue weighted by atomic mass is 9.78. The highest BCUT2D eigenvalue weighted by molar-refractivity contribution is 5.99. The first kappa shape index (κ1) is 15.8. The lowest BCUT2D eigenvalue weighted by molar-refractivity contribution is -0.147. The maximum absolute atomic E-state index is 12.8. The van der Waals surface area contributed by atoms with Crippen molar-refractivity contribution in [3.05, 3.63) is 54.6 Å². The Labute approximate surface area is 145 Å². The summed E-state index contributed by atoms with van der Waals surface area (Å²) in [5.41, 5.74) is 2.59. The zero-order chi connectivity index (χ0) is 17.4. The number of anilines is 1. The minimum atomic E-state index is -0.955. The second kappa shape index (κ2) is 6.33. The predicted octanol–water partition coefficient (Wildman–Crippen LogP) is 3.17. The summed E-state index contributed by atoms with van der Waals surface area (Å²) in [6.45, 7) is 0. The Morgan fingerprint density at radius 3 is 2.28 bits per heavy atom. The Bertz CT molecular complexity index is 804. The van der Waals surface area contributed by atoms with Crippen LogP contribution in [-0.2, 0) is 14.3 Å². The molecule has 1 amide bonds. The fourth-order valence-corrected chi connectivity index (χ4v) is 4.00. The van der Waals surface area contributed by atoms with Crippen LogP contribution in [0, 0.1) is 11.8 Å². The number of benzene rings is 2. The van der Waals surface area contributed by atoms with Crippen LogP contribution >= 0.6 is 0 Å². The van der Waals surface area contributed by atoms with Gasteiger partial charge in [0.2, 0.25) is 5.91 Å². The molecule has 5 nitrogen and oxygen atoms in total. The van der Waals surface area contributed by atoms with E-state index in [4.69, 9.17) is 4.74 Å². The van der Waals surface area contributed by atoms with Crippen molar-refractivity contribution in [1.29, 1.82) is 0 Å². The second-order valence-electron chi connectivity index (χ2n) is 6.58. The van der Waals surface area contributed by atoms with E-state index in [0.717, 1.165) is 17.5 Å². The van der Waals surface area contributed by atoms with Crippen molar-refractivity contribution in [2.75, 3.05) is 5.32 Å². The first-order chi connectivity index (χ1) is 12.1. The molecule has 0 aliphatic carbocycles.